The minimum Gasteiger partial charge on any atom is -0.456 e. The molecule has 0 aliphatic rings. The number of para-hydroxylation sites is 3. The fourth-order valence-corrected chi connectivity index (χ4v) is 9.24. The van der Waals surface area contributed by atoms with Crippen molar-refractivity contribution in [1.82, 2.24) is 4.57 Å². The fourth-order valence-electron chi connectivity index (χ4n) is 8.02. The molecule has 11 rings (SSSR count). The molecule has 0 saturated carbocycles. The summed E-state index contributed by atoms with van der Waals surface area (Å²) < 4.78 is 11.3. The van der Waals surface area contributed by atoms with Gasteiger partial charge in [0.2, 0.25) is 0 Å². The van der Waals surface area contributed by atoms with Crippen LogP contribution in [0, 0.1) is 0 Å². The molecule has 0 fully saturated rings. The summed E-state index contributed by atoms with van der Waals surface area (Å²) in [5.41, 5.74) is 8.64. The van der Waals surface area contributed by atoms with Crippen LogP contribution in [0.25, 0.3) is 80.4 Å². The molecule has 0 atom stereocenters. The number of rotatable bonds is 4. The standard InChI is InChI=1S/C46H28N2OS/c1-2-13-29(14-3-1)47-38-20-9-6-19-35(38)45-39(47)21-12-22-40(45)48(30-25-26-43-36(27-30)32-16-7-10-23-42(32)49-43)41-28-37-33-17-8-11-24-44(33)50-46(37)34-18-5-4-15-31(34)41/h1-28H. The number of thiophene rings is 1. The second-order valence-corrected chi connectivity index (χ2v) is 13.9. The monoisotopic (exact) mass is 656 g/mol. The van der Waals surface area contributed by atoms with E-state index in [1.165, 1.54) is 52.8 Å². The SMILES string of the molecule is c1ccc(-n2c3ccccc3c3c(N(c4ccc5oc6ccccc6c5c4)c4cc5c6ccccc6sc5c5ccccc45)cccc32)cc1. The first-order chi connectivity index (χ1) is 24.8. The van der Waals surface area contributed by atoms with Gasteiger partial charge in [0.25, 0.3) is 0 Å². The molecule has 0 saturated heterocycles. The molecule has 11 aromatic rings. The zero-order valence-electron chi connectivity index (χ0n) is 26.9. The summed E-state index contributed by atoms with van der Waals surface area (Å²) in [6.45, 7) is 0. The Hall–Kier alpha value is -6.36. The lowest BCUT2D eigenvalue weighted by Crippen LogP contribution is -2.11. The van der Waals surface area contributed by atoms with Gasteiger partial charge in [0.1, 0.15) is 11.2 Å². The van der Waals surface area contributed by atoms with Crippen molar-refractivity contribution in [1.29, 1.82) is 0 Å². The summed E-state index contributed by atoms with van der Waals surface area (Å²) in [5, 5.41) is 9.69. The number of anilines is 3. The summed E-state index contributed by atoms with van der Waals surface area (Å²) in [7, 11) is 0. The highest BCUT2D eigenvalue weighted by molar-refractivity contribution is 7.26. The number of fused-ring (bicyclic) bond motifs is 11. The Morgan fingerprint density at radius 1 is 0.440 bits per heavy atom. The molecule has 3 heterocycles. The van der Waals surface area contributed by atoms with Crippen LogP contribution in [0.4, 0.5) is 17.1 Å². The van der Waals surface area contributed by atoms with E-state index in [1.807, 2.05) is 17.4 Å². The van der Waals surface area contributed by atoms with E-state index in [2.05, 4.69) is 173 Å². The molecule has 0 spiro atoms. The first-order valence-electron chi connectivity index (χ1n) is 16.9. The molecule has 0 radical (unpaired) electrons. The van der Waals surface area contributed by atoms with Gasteiger partial charge in [-0.2, -0.15) is 0 Å². The van der Waals surface area contributed by atoms with Crippen molar-refractivity contribution in [3.05, 3.63) is 170 Å². The van der Waals surface area contributed by atoms with E-state index in [0.29, 0.717) is 0 Å². The van der Waals surface area contributed by atoms with Gasteiger partial charge in [0.15, 0.2) is 0 Å². The summed E-state index contributed by atoms with van der Waals surface area (Å²) in [6, 6.07) is 61.3. The third kappa shape index (κ3) is 3.91. The maximum atomic E-state index is 6.32. The van der Waals surface area contributed by atoms with Crippen LogP contribution in [0.3, 0.4) is 0 Å². The van der Waals surface area contributed by atoms with Crippen LogP contribution in [0.5, 0.6) is 0 Å². The van der Waals surface area contributed by atoms with Gasteiger partial charge in [-0.1, -0.05) is 103 Å². The zero-order chi connectivity index (χ0) is 32.8. The van der Waals surface area contributed by atoms with Gasteiger partial charge in [0, 0.05) is 63.9 Å². The topological polar surface area (TPSA) is 21.3 Å². The van der Waals surface area contributed by atoms with Crippen LogP contribution >= 0.6 is 11.3 Å². The normalized spacial score (nSPS) is 12.0. The van der Waals surface area contributed by atoms with Crippen LogP contribution in [0.2, 0.25) is 0 Å². The van der Waals surface area contributed by atoms with Gasteiger partial charge in [-0.3, -0.25) is 0 Å². The Morgan fingerprint density at radius 3 is 2.00 bits per heavy atom. The molecule has 234 valence electrons. The van der Waals surface area contributed by atoms with Gasteiger partial charge in [0.05, 0.1) is 22.4 Å². The number of hydrogen-bond donors (Lipinski definition) is 0. The molecule has 0 N–H and O–H groups in total. The summed E-state index contributed by atoms with van der Waals surface area (Å²) in [5.74, 6) is 0. The molecule has 50 heavy (non-hydrogen) atoms. The van der Waals surface area contributed by atoms with Crippen molar-refractivity contribution in [2.45, 2.75) is 0 Å². The highest BCUT2D eigenvalue weighted by atomic mass is 32.1. The molecule has 3 aromatic heterocycles. The second-order valence-electron chi connectivity index (χ2n) is 12.9. The van der Waals surface area contributed by atoms with Crippen LogP contribution in [0.15, 0.2) is 174 Å². The van der Waals surface area contributed by atoms with E-state index >= 15 is 0 Å². The average molecular weight is 657 g/mol. The zero-order valence-corrected chi connectivity index (χ0v) is 27.7. The molecule has 0 bridgehead atoms. The van der Waals surface area contributed by atoms with Crippen molar-refractivity contribution in [3.8, 4) is 5.69 Å². The maximum Gasteiger partial charge on any atom is 0.135 e. The highest BCUT2D eigenvalue weighted by Gasteiger charge is 2.24. The quantitative estimate of drug-likeness (QED) is 0.188. The van der Waals surface area contributed by atoms with Crippen LogP contribution in [-0.2, 0) is 0 Å². The molecular formula is C46H28N2OS. The van der Waals surface area contributed by atoms with Gasteiger partial charge in [-0.25, -0.2) is 0 Å². The van der Waals surface area contributed by atoms with E-state index in [9.17, 15) is 0 Å². The predicted octanol–water partition coefficient (Wildman–Crippen LogP) is 13.7. The number of aromatic nitrogens is 1. The van der Waals surface area contributed by atoms with Crippen molar-refractivity contribution < 1.29 is 4.42 Å². The van der Waals surface area contributed by atoms with Gasteiger partial charge >= 0.3 is 0 Å². The Kier molecular flexibility index (Phi) is 5.83. The van der Waals surface area contributed by atoms with Gasteiger partial charge < -0.3 is 13.9 Å². The maximum absolute atomic E-state index is 6.32. The minimum absolute atomic E-state index is 0.887. The Bertz CT molecular complexity index is 3110. The lowest BCUT2D eigenvalue weighted by Gasteiger charge is -2.28. The molecule has 0 aliphatic carbocycles. The Labute approximate surface area is 291 Å². The molecule has 4 heteroatoms. The lowest BCUT2D eigenvalue weighted by atomic mass is 10.0. The molecular weight excluding hydrogens is 629 g/mol. The molecule has 8 aromatic carbocycles. The van der Waals surface area contributed by atoms with Crippen molar-refractivity contribution >= 4 is 103 Å². The van der Waals surface area contributed by atoms with E-state index in [1.54, 1.807) is 0 Å². The van der Waals surface area contributed by atoms with Gasteiger partial charge in [-0.15, -0.1) is 11.3 Å². The minimum atomic E-state index is 0.887. The lowest BCUT2D eigenvalue weighted by molar-refractivity contribution is 0.669. The van der Waals surface area contributed by atoms with Gasteiger partial charge in [-0.05, 0) is 66.7 Å². The summed E-state index contributed by atoms with van der Waals surface area (Å²) >= 11 is 1.88. The largest absolute Gasteiger partial charge is 0.456 e. The summed E-state index contributed by atoms with van der Waals surface area (Å²) in [4.78, 5) is 2.49. The fraction of sp³-hybridized carbons (Fsp3) is 0. The Balaban J connectivity index is 1.30. The van der Waals surface area contributed by atoms with Crippen LogP contribution in [0.1, 0.15) is 0 Å². The Morgan fingerprint density at radius 2 is 1.12 bits per heavy atom. The molecule has 0 aliphatic heterocycles. The second kappa shape index (κ2) is 10.6. The predicted molar refractivity (Wildman–Crippen MR) is 213 cm³/mol. The smallest absolute Gasteiger partial charge is 0.135 e. The number of hydrogen-bond acceptors (Lipinski definition) is 3. The van der Waals surface area contributed by atoms with Crippen molar-refractivity contribution in [2.75, 3.05) is 4.90 Å². The average Bonchev–Trinajstić information content (AvgIpc) is 3.85. The van der Waals surface area contributed by atoms with E-state index in [4.69, 9.17) is 4.42 Å². The highest BCUT2D eigenvalue weighted by Crippen LogP contribution is 2.49. The third-order valence-corrected chi connectivity index (χ3v) is 11.4. The molecule has 0 unspecified atom stereocenters. The van der Waals surface area contributed by atoms with E-state index in [-0.39, 0.29) is 0 Å². The van der Waals surface area contributed by atoms with E-state index < -0.39 is 0 Å². The first-order valence-corrected chi connectivity index (χ1v) is 17.8. The number of nitrogens with zero attached hydrogens (tertiary/aromatic N) is 2. The molecule has 3 nitrogen and oxygen atoms in total. The third-order valence-electron chi connectivity index (χ3n) is 10.2. The van der Waals surface area contributed by atoms with Crippen molar-refractivity contribution in [3.63, 3.8) is 0 Å². The first kappa shape index (κ1) is 27.6. The summed E-state index contributed by atoms with van der Waals surface area (Å²) in [6.07, 6.45) is 0. The van der Waals surface area contributed by atoms with E-state index in [0.717, 1.165) is 44.7 Å². The molecule has 0 amide bonds. The van der Waals surface area contributed by atoms with Crippen LogP contribution < -0.4 is 4.90 Å². The number of benzene rings is 8. The number of furan rings is 1. The van der Waals surface area contributed by atoms with Crippen molar-refractivity contribution in [2.24, 2.45) is 0 Å². The van der Waals surface area contributed by atoms with Crippen LogP contribution in [-0.4, -0.2) is 4.57 Å².